The van der Waals surface area contributed by atoms with Crippen molar-refractivity contribution < 1.29 is 9.22 Å². The lowest BCUT2D eigenvalue weighted by molar-refractivity contribution is -0.120. The summed E-state index contributed by atoms with van der Waals surface area (Å²) in [5, 5.41) is 0.226. The van der Waals surface area contributed by atoms with Crippen LogP contribution in [0.15, 0.2) is 18.2 Å². The molecule has 0 aromatic heterocycles. The summed E-state index contributed by atoms with van der Waals surface area (Å²) in [6.07, 6.45) is 1.89. The predicted molar refractivity (Wildman–Crippen MR) is 93.3 cm³/mol. The first-order valence-corrected chi connectivity index (χ1v) is 11.0. The van der Waals surface area contributed by atoms with Crippen molar-refractivity contribution in [2.75, 3.05) is 6.54 Å². The molecule has 1 aromatic rings. The molecule has 1 heterocycles. The maximum Gasteiger partial charge on any atom is 0.210 e. The Morgan fingerprint density at radius 1 is 1.36 bits per heavy atom. The molecule has 1 aromatic carbocycles. The number of carbonyl (C=O) groups excluding carboxylic acids is 1. The van der Waals surface area contributed by atoms with Crippen molar-refractivity contribution in [1.29, 1.82) is 0 Å². The van der Waals surface area contributed by atoms with Crippen LogP contribution in [-0.4, -0.2) is 26.2 Å². The Hall–Kier alpha value is -1.13. The minimum atomic E-state index is -1.74. The highest BCUT2D eigenvalue weighted by Gasteiger charge is 2.37. The molecule has 0 spiro atoms. The molecule has 1 atom stereocenters. The Morgan fingerprint density at radius 3 is 2.64 bits per heavy atom. The highest BCUT2D eigenvalue weighted by molar-refractivity contribution is 6.74. The Morgan fingerprint density at radius 2 is 2.05 bits per heavy atom. The van der Waals surface area contributed by atoms with Crippen molar-refractivity contribution in [3.05, 3.63) is 34.9 Å². The van der Waals surface area contributed by atoms with Gasteiger partial charge in [0.05, 0.1) is 12.6 Å². The second-order valence-electron chi connectivity index (χ2n) is 7.80. The number of nitrogens with zero attached hydrogens (tertiary/aromatic N) is 1. The third-order valence-electron chi connectivity index (χ3n) is 5.41. The molecular weight excluding hydrogens is 290 g/mol. The van der Waals surface area contributed by atoms with E-state index in [1.807, 2.05) is 4.90 Å². The average Bonchev–Trinajstić information content (AvgIpc) is 2.44. The van der Waals surface area contributed by atoms with E-state index in [9.17, 15) is 4.79 Å². The van der Waals surface area contributed by atoms with Crippen LogP contribution in [0.3, 0.4) is 0 Å². The van der Waals surface area contributed by atoms with Crippen LogP contribution in [0, 0.1) is 0 Å². The van der Waals surface area contributed by atoms with E-state index >= 15 is 0 Å². The largest absolute Gasteiger partial charge is 0.413 e. The predicted octanol–water partition coefficient (Wildman–Crippen LogP) is 4.28. The highest BCUT2D eigenvalue weighted by Crippen LogP contribution is 2.38. The van der Waals surface area contributed by atoms with Gasteiger partial charge in [0.15, 0.2) is 8.32 Å². The van der Waals surface area contributed by atoms with E-state index in [0.29, 0.717) is 6.61 Å². The van der Waals surface area contributed by atoms with E-state index < -0.39 is 8.32 Å². The first kappa shape index (κ1) is 17.2. The Bertz CT molecular complexity index is 549. The molecule has 4 heteroatoms. The van der Waals surface area contributed by atoms with Gasteiger partial charge in [0.2, 0.25) is 6.41 Å². The summed E-state index contributed by atoms with van der Waals surface area (Å²) in [4.78, 5) is 13.0. The lowest BCUT2D eigenvalue weighted by Crippen LogP contribution is -2.40. The zero-order valence-corrected chi connectivity index (χ0v) is 15.8. The number of benzene rings is 1. The molecule has 0 saturated heterocycles. The van der Waals surface area contributed by atoms with Crippen LogP contribution in [-0.2, 0) is 22.2 Å². The summed E-state index contributed by atoms with van der Waals surface area (Å²) in [5.74, 6) is 0. The fourth-order valence-electron chi connectivity index (χ4n) is 2.72. The molecule has 0 radical (unpaired) electrons. The number of fused-ring (bicyclic) bond motifs is 1. The van der Waals surface area contributed by atoms with E-state index in [1.165, 1.54) is 16.7 Å². The SMILES string of the molecule is CC1c2cccc(CO[Si](C)(C)C(C)(C)C)c2CCN1C=O. The number of carbonyl (C=O) groups is 1. The van der Waals surface area contributed by atoms with Gasteiger partial charge in [-0.1, -0.05) is 39.0 Å². The maximum absolute atomic E-state index is 11.1. The van der Waals surface area contributed by atoms with Gasteiger partial charge in [-0.05, 0) is 48.2 Å². The van der Waals surface area contributed by atoms with Gasteiger partial charge in [0.25, 0.3) is 0 Å². The molecule has 2 rings (SSSR count). The highest BCUT2D eigenvalue weighted by atomic mass is 28.4. The summed E-state index contributed by atoms with van der Waals surface area (Å²) in [7, 11) is -1.74. The van der Waals surface area contributed by atoms with Crippen LogP contribution in [0.2, 0.25) is 18.1 Å². The molecule has 22 heavy (non-hydrogen) atoms. The van der Waals surface area contributed by atoms with E-state index in [2.05, 4.69) is 59.0 Å². The topological polar surface area (TPSA) is 29.5 Å². The lowest BCUT2D eigenvalue weighted by atomic mass is 9.90. The van der Waals surface area contributed by atoms with Gasteiger partial charge in [-0.2, -0.15) is 0 Å². The molecular formula is C18H29NO2Si. The van der Waals surface area contributed by atoms with Gasteiger partial charge in [-0.15, -0.1) is 0 Å². The summed E-state index contributed by atoms with van der Waals surface area (Å²) in [5.41, 5.74) is 3.95. The van der Waals surface area contributed by atoms with Crippen molar-refractivity contribution in [2.24, 2.45) is 0 Å². The normalized spacial score (nSPS) is 19.0. The van der Waals surface area contributed by atoms with Crippen LogP contribution in [0.5, 0.6) is 0 Å². The van der Waals surface area contributed by atoms with E-state index in [-0.39, 0.29) is 11.1 Å². The van der Waals surface area contributed by atoms with Gasteiger partial charge < -0.3 is 9.33 Å². The first-order chi connectivity index (χ1) is 10.2. The quantitative estimate of drug-likeness (QED) is 0.612. The summed E-state index contributed by atoms with van der Waals surface area (Å²) in [6, 6.07) is 6.57. The van der Waals surface area contributed by atoms with Crippen LogP contribution in [0.4, 0.5) is 0 Å². The smallest absolute Gasteiger partial charge is 0.210 e. The summed E-state index contributed by atoms with van der Waals surface area (Å²) >= 11 is 0. The standard InChI is InChI=1S/C18H29NO2Si/c1-14-16-9-7-8-15(17(16)10-11-19(14)13-20)12-21-22(5,6)18(2,3)4/h7-9,13-14H,10-12H2,1-6H3. The fraction of sp³-hybridized carbons (Fsp3) is 0.611. The van der Waals surface area contributed by atoms with Crippen molar-refractivity contribution >= 4 is 14.7 Å². The maximum atomic E-state index is 11.1. The second kappa shape index (κ2) is 6.17. The monoisotopic (exact) mass is 319 g/mol. The van der Waals surface area contributed by atoms with Crippen molar-refractivity contribution in [3.63, 3.8) is 0 Å². The number of rotatable bonds is 4. The Labute approximate surface area is 135 Å². The minimum Gasteiger partial charge on any atom is -0.413 e. The third kappa shape index (κ3) is 3.28. The van der Waals surface area contributed by atoms with Crippen LogP contribution in [0.1, 0.15) is 50.4 Å². The lowest BCUT2D eigenvalue weighted by Gasteiger charge is -2.37. The van der Waals surface area contributed by atoms with Crippen molar-refractivity contribution in [3.8, 4) is 0 Å². The van der Waals surface area contributed by atoms with E-state index in [1.54, 1.807) is 0 Å². The van der Waals surface area contributed by atoms with Crippen LogP contribution < -0.4 is 0 Å². The molecule has 0 N–H and O–H groups in total. The Kier molecular flexibility index (Phi) is 4.83. The van der Waals surface area contributed by atoms with Crippen LogP contribution in [0.25, 0.3) is 0 Å². The van der Waals surface area contributed by atoms with Crippen molar-refractivity contribution in [1.82, 2.24) is 4.90 Å². The summed E-state index contributed by atoms with van der Waals surface area (Å²) < 4.78 is 6.39. The van der Waals surface area contributed by atoms with Gasteiger partial charge in [-0.3, -0.25) is 4.79 Å². The van der Waals surface area contributed by atoms with E-state index in [4.69, 9.17) is 4.43 Å². The molecule has 0 saturated carbocycles. The van der Waals surface area contributed by atoms with Gasteiger partial charge in [0, 0.05) is 6.54 Å². The minimum absolute atomic E-state index is 0.161. The molecule has 3 nitrogen and oxygen atoms in total. The number of hydrogen-bond donors (Lipinski definition) is 0. The Balaban J connectivity index is 2.21. The average molecular weight is 320 g/mol. The molecule has 1 unspecified atom stereocenters. The van der Waals surface area contributed by atoms with Gasteiger partial charge >= 0.3 is 0 Å². The van der Waals surface area contributed by atoms with Gasteiger partial charge in [-0.25, -0.2) is 0 Å². The molecule has 122 valence electrons. The number of hydrogen-bond acceptors (Lipinski definition) is 2. The molecule has 0 fully saturated rings. The zero-order valence-electron chi connectivity index (χ0n) is 14.8. The molecule has 1 amide bonds. The second-order valence-corrected chi connectivity index (χ2v) is 12.6. The number of amides is 1. The molecule has 1 aliphatic rings. The third-order valence-corrected chi connectivity index (χ3v) is 9.89. The first-order valence-electron chi connectivity index (χ1n) is 8.13. The van der Waals surface area contributed by atoms with E-state index in [0.717, 1.165) is 19.4 Å². The molecule has 1 aliphatic heterocycles. The zero-order chi connectivity index (χ0) is 16.5. The van der Waals surface area contributed by atoms with Crippen molar-refractivity contribution in [2.45, 2.75) is 64.9 Å². The fourth-order valence-corrected chi connectivity index (χ4v) is 3.67. The van der Waals surface area contributed by atoms with Gasteiger partial charge in [0.1, 0.15) is 0 Å². The molecule has 0 bridgehead atoms. The molecule has 0 aliphatic carbocycles. The van der Waals surface area contributed by atoms with Crippen LogP contribution >= 0.6 is 0 Å². The summed E-state index contributed by atoms with van der Waals surface area (Å²) in [6.45, 7) is 15.0.